The number of nitrogens with zero attached hydrogens (tertiary/aromatic N) is 3. The zero-order valence-electron chi connectivity index (χ0n) is 8.01. The molecule has 0 atom stereocenters. The number of hydrogen-bond donors (Lipinski definition) is 0. The van der Waals surface area contributed by atoms with Crippen molar-refractivity contribution in [3.63, 3.8) is 0 Å². The van der Waals surface area contributed by atoms with Gasteiger partial charge in [-0.3, -0.25) is 4.79 Å². The van der Waals surface area contributed by atoms with Crippen molar-refractivity contribution in [2.24, 2.45) is 0 Å². The summed E-state index contributed by atoms with van der Waals surface area (Å²) in [5.74, 6) is 0. The molecule has 76 valence electrons. The maximum Gasteiger partial charge on any atom is 0.294 e. The van der Waals surface area contributed by atoms with E-state index >= 15 is 0 Å². The Hall–Kier alpha value is -1.49. The highest BCUT2D eigenvalue weighted by Crippen LogP contribution is 2.12. The number of hydrogen-bond acceptors (Lipinski definition) is 3. The van der Waals surface area contributed by atoms with E-state index in [0.717, 1.165) is 10.2 Å². The second-order valence-electron chi connectivity index (χ2n) is 3.06. The second kappa shape index (κ2) is 3.94. The van der Waals surface area contributed by atoms with Crippen molar-refractivity contribution in [3.8, 4) is 5.69 Å². The Balaban J connectivity index is 2.50. The minimum Gasteiger partial charge on any atom is -0.265 e. The van der Waals surface area contributed by atoms with Gasteiger partial charge in [-0.25, -0.2) is 4.68 Å². The molecular weight excluding hydrogens is 258 g/mol. The molecule has 4 nitrogen and oxygen atoms in total. The van der Waals surface area contributed by atoms with E-state index in [0.29, 0.717) is 5.69 Å². The van der Waals surface area contributed by atoms with Gasteiger partial charge >= 0.3 is 0 Å². The topological polar surface area (TPSA) is 47.8 Å². The molecule has 1 aromatic heterocycles. The van der Waals surface area contributed by atoms with Gasteiger partial charge in [-0.2, -0.15) is 10.1 Å². The Kier molecular flexibility index (Phi) is 2.64. The van der Waals surface area contributed by atoms with Crippen LogP contribution in [0.1, 0.15) is 5.69 Å². The van der Waals surface area contributed by atoms with Crippen molar-refractivity contribution in [3.05, 3.63) is 51.1 Å². The Bertz CT molecular complexity index is 533. The van der Waals surface area contributed by atoms with E-state index in [1.54, 1.807) is 11.6 Å². The SMILES string of the molecule is Cc1nn(-c2ccc(Br)cc2)cnc1=O. The van der Waals surface area contributed by atoms with Crippen molar-refractivity contribution < 1.29 is 0 Å². The van der Waals surface area contributed by atoms with E-state index < -0.39 is 0 Å². The molecular formula is C10H8BrN3O. The van der Waals surface area contributed by atoms with E-state index in [-0.39, 0.29) is 5.56 Å². The first-order chi connectivity index (χ1) is 7.16. The predicted molar refractivity (Wildman–Crippen MR) is 60.1 cm³/mol. The number of benzene rings is 1. The van der Waals surface area contributed by atoms with Gasteiger partial charge in [0.15, 0.2) is 0 Å². The fraction of sp³-hybridized carbons (Fsp3) is 0.100. The Labute approximate surface area is 94.7 Å². The van der Waals surface area contributed by atoms with E-state index in [1.807, 2.05) is 24.3 Å². The molecule has 1 heterocycles. The number of aromatic nitrogens is 3. The molecule has 0 aliphatic carbocycles. The van der Waals surface area contributed by atoms with Crippen LogP contribution in [0.4, 0.5) is 0 Å². The van der Waals surface area contributed by atoms with E-state index in [4.69, 9.17) is 0 Å². The molecule has 0 spiro atoms. The molecule has 0 radical (unpaired) electrons. The molecule has 2 aromatic rings. The summed E-state index contributed by atoms with van der Waals surface area (Å²) in [6.45, 7) is 1.64. The van der Waals surface area contributed by atoms with Gasteiger partial charge in [-0.05, 0) is 31.2 Å². The quantitative estimate of drug-likeness (QED) is 0.789. The molecule has 0 saturated carbocycles. The van der Waals surface area contributed by atoms with E-state index in [2.05, 4.69) is 26.0 Å². The summed E-state index contributed by atoms with van der Waals surface area (Å²) in [7, 11) is 0. The lowest BCUT2D eigenvalue weighted by molar-refractivity contribution is 0.768. The molecule has 0 bridgehead atoms. The van der Waals surface area contributed by atoms with Gasteiger partial charge in [0.05, 0.1) is 5.69 Å². The van der Waals surface area contributed by atoms with E-state index in [1.165, 1.54) is 6.33 Å². The van der Waals surface area contributed by atoms with Crippen LogP contribution in [0.5, 0.6) is 0 Å². The van der Waals surface area contributed by atoms with E-state index in [9.17, 15) is 4.79 Å². The number of rotatable bonds is 1. The lowest BCUT2D eigenvalue weighted by Crippen LogP contribution is -2.16. The molecule has 2 rings (SSSR count). The fourth-order valence-electron chi connectivity index (χ4n) is 1.15. The largest absolute Gasteiger partial charge is 0.294 e. The third-order valence-corrected chi connectivity index (χ3v) is 2.47. The maximum atomic E-state index is 11.1. The minimum atomic E-state index is -0.289. The van der Waals surface area contributed by atoms with Crippen LogP contribution in [0.25, 0.3) is 5.69 Å². The maximum absolute atomic E-state index is 11.1. The highest BCUT2D eigenvalue weighted by molar-refractivity contribution is 9.10. The second-order valence-corrected chi connectivity index (χ2v) is 3.97. The lowest BCUT2D eigenvalue weighted by Gasteiger charge is -2.04. The van der Waals surface area contributed by atoms with Crippen LogP contribution in [-0.4, -0.2) is 14.8 Å². The zero-order valence-corrected chi connectivity index (χ0v) is 9.60. The first-order valence-electron chi connectivity index (χ1n) is 4.35. The van der Waals surface area contributed by atoms with Crippen LogP contribution in [0, 0.1) is 6.92 Å². The highest BCUT2D eigenvalue weighted by atomic mass is 79.9. The Morgan fingerprint density at radius 2 is 1.93 bits per heavy atom. The minimum absolute atomic E-state index is 0.289. The summed E-state index contributed by atoms with van der Waals surface area (Å²) in [5.41, 5.74) is 0.970. The Morgan fingerprint density at radius 3 is 2.53 bits per heavy atom. The first kappa shape index (κ1) is 10.0. The van der Waals surface area contributed by atoms with Gasteiger partial charge in [0.2, 0.25) is 0 Å². The van der Waals surface area contributed by atoms with Crippen LogP contribution >= 0.6 is 15.9 Å². The van der Waals surface area contributed by atoms with Crippen LogP contribution in [0.3, 0.4) is 0 Å². The van der Waals surface area contributed by atoms with Crippen molar-refractivity contribution >= 4 is 15.9 Å². The first-order valence-corrected chi connectivity index (χ1v) is 5.14. The third-order valence-electron chi connectivity index (χ3n) is 1.94. The van der Waals surface area contributed by atoms with Crippen molar-refractivity contribution in [1.29, 1.82) is 0 Å². The molecule has 0 aliphatic rings. The molecule has 0 fully saturated rings. The molecule has 0 amide bonds. The summed E-state index contributed by atoms with van der Waals surface area (Å²) >= 11 is 3.35. The van der Waals surface area contributed by atoms with Gasteiger partial charge < -0.3 is 0 Å². The Morgan fingerprint density at radius 1 is 1.27 bits per heavy atom. The summed E-state index contributed by atoms with van der Waals surface area (Å²) in [6, 6.07) is 7.60. The highest BCUT2D eigenvalue weighted by Gasteiger charge is 1.99. The van der Waals surface area contributed by atoms with Crippen molar-refractivity contribution in [2.75, 3.05) is 0 Å². The smallest absolute Gasteiger partial charge is 0.265 e. The van der Waals surface area contributed by atoms with Gasteiger partial charge in [-0.1, -0.05) is 15.9 Å². The van der Waals surface area contributed by atoms with Gasteiger partial charge in [-0.15, -0.1) is 0 Å². The number of aryl methyl sites for hydroxylation is 1. The van der Waals surface area contributed by atoms with Crippen molar-refractivity contribution in [1.82, 2.24) is 14.8 Å². The summed E-state index contributed by atoms with van der Waals surface area (Å²) < 4.78 is 2.57. The molecule has 15 heavy (non-hydrogen) atoms. The molecule has 0 saturated heterocycles. The average Bonchev–Trinajstić information content (AvgIpc) is 2.23. The van der Waals surface area contributed by atoms with Gasteiger partial charge in [0, 0.05) is 4.47 Å². The monoisotopic (exact) mass is 265 g/mol. The van der Waals surface area contributed by atoms with Crippen molar-refractivity contribution in [2.45, 2.75) is 6.92 Å². The van der Waals surface area contributed by atoms with Gasteiger partial charge in [0.1, 0.15) is 12.0 Å². The summed E-state index contributed by atoms with van der Waals surface area (Å²) in [4.78, 5) is 14.8. The zero-order chi connectivity index (χ0) is 10.8. The number of halogens is 1. The van der Waals surface area contributed by atoms with Crippen LogP contribution < -0.4 is 5.56 Å². The molecule has 0 unspecified atom stereocenters. The average molecular weight is 266 g/mol. The summed E-state index contributed by atoms with van der Waals surface area (Å²) in [5, 5.41) is 4.10. The molecule has 5 heteroatoms. The summed E-state index contributed by atoms with van der Waals surface area (Å²) in [6.07, 6.45) is 1.42. The predicted octanol–water partition coefficient (Wildman–Crippen LogP) is 1.70. The third kappa shape index (κ3) is 2.12. The fourth-order valence-corrected chi connectivity index (χ4v) is 1.41. The normalized spacial score (nSPS) is 10.3. The molecule has 0 N–H and O–H groups in total. The lowest BCUT2D eigenvalue weighted by atomic mass is 10.3. The van der Waals surface area contributed by atoms with Crippen LogP contribution in [-0.2, 0) is 0 Å². The molecule has 1 aromatic carbocycles. The molecule has 0 aliphatic heterocycles. The van der Waals surface area contributed by atoms with Gasteiger partial charge in [0.25, 0.3) is 5.56 Å². The van der Waals surface area contributed by atoms with Crippen LogP contribution in [0.15, 0.2) is 39.9 Å². The standard InChI is InChI=1S/C10H8BrN3O/c1-7-10(15)12-6-14(13-7)9-4-2-8(11)3-5-9/h2-6H,1H3. The van der Waals surface area contributed by atoms with Crippen LogP contribution in [0.2, 0.25) is 0 Å².